The van der Waals surface area contributed by atoms with Crippen LogP contribution >= 0.6 is 0 Å². The lowest BCUT2D eigenvalue weighted by atomic mass is 10.0. The largest absolute Gasteiger partial charge is 0.466 e. The Balaban J connectivity index is 3.41. The number of ether oxygens (including phenoxy) is 1. The number of nitrogens with one attached hydrogen (secondary N) is 1. The van der Waals surface area contributed by atoms with Crippen molar-refractivity contribution >= 4 is 11.9 Å². The minimum absolute atomic E-state index is 0.00779. The molecule has 0 aromatic heterocycles. The van der Waals surface area contributed by atoms with Crippen LogP contribution in [-0.4, -0.2) is 47.4 Å². The Morgan fingerprint density at radius 3 is 0.986 bits per heavy atom. The van der Waals surface area contributed by atoms with E-state index in [0.717, 1.165) is 38.5 Å². The van der Waals surface area contributed by atoms with Crippen molar-refractivity contribution in [2.24, 2.45) is 0 Å². The van der Waals surface area contributed by atoms with Gasteiger partial charge in [0.05, 0.1) is 25.4 Å². The number of aliphatic hydroxyl groups is 2. The lowest BCUT2D eigenvalue weighted by molar-refractivity contribution is -0.143. The first-order valence-corrected chi connectivity index (χ1v) is 31.5. The molecule has 410 valence electrons. The highest BCUT2D eigenvalue weighted by Crippen LogP contribution is 2.18. The molecule has 3 N–H and O–H groups in total. The van der Waals surface area contributed by atoms with Crippen molar-refractivity contribution in [3.63, 3.8) is 0 Å². The van der Waals surface area contributed by atoms with Crippen LogP contribution in [0.2, 0.25) is 0 Å². The molecule has 0 saturated heterocycles. The van der Waals surface area contributed by atoms with Crippen molar-refractivity contribution in [3.8, 4) is 0 Å². The second-order valence-electron chi connectivity index (χ2n) is 21.8. The number of hydrogen-bond acceptors (Lipinski definition) is 5. The molecule has 0 fully saturated rings. The topological polar surface area (TPSA) is 95.9 Å². The van der Waals surface area contributed by atoms with Crippen LogP contribution in [0.4, 0.5) is 0 Å². The molecule has 0 aliphatic rings. The monoisotopic (exact) mass is 974 g/mol. The summed E-state index contributed by atoms with van der Waals surface area (Å²) >= 11 is 0. The van der Waals surface area contributed by atoms with Crippen LogP contribution in [0.15, 0.2) is 12.2 Å². The zero-order valence-electron chi connectivity index (χ0n) is 46.8. The van der Waals surface area contributed by atoms with E-state index in [1.54, 1.807) is 6.08 Å². The first-order chi connectivity index (χ1) is 34.0. The molecule has 6 heteroatoms. The number of amides is 1. The van der Waals surface area contributed by atoms with Gasteiger partial charge in [0.15, 0.2) is 0 Å². The molecule has 0 bridgehead atoms. The van der Waals surface area contributed by atoms with Gasteiger partial charge in [0, 0.05) is 12.8 Å². The van der Waals surface area contributed by atoms with Gasteiger partial charge in [-0.05, 0) is 32.1 Å². The molecule has 0 radical (unpaired) electrons. The Bertz CT molecular complexity index is 1030. The van der Waals surface area contributed by atoms with Crippen LogP contribution in [0.3, 0.4) is 0 Å². The molecule has 1 amide bonds. The van der Waals surface area contributed by atoms with Gasteiger partial charge >= 0.3 is 5.97 Å². The van der Waals surface area contributed by atoms with Gasteiger partial charge in [-0.25, -0.2) is 0 Å². The maximum Gasteiger partial charge on any atom is 0.305 e. The van der Waals surface area contributed by atoms with Crippen molar-refractivity contribution in [2.45, 2.75) is 366 Å². The zero-order valence-corrected chi connectivity index (χ0v) is 46.8. The molecule has 0 saturated carbocycles. The summed E-state index contributed by atoms with van der Waals surface area (Å²) in [5.41, 5.74) is 0. The molecular formula is C63H123NO5. The number of rotatable bonds is 59. The van der Waals surface area contributed by atoms with Crippen molar-refractivity contribution in [3.05, 3.63) is 12.2 Å². The molecule has 0 aromatic carbocycles. The summed E-state index contributed by atoms with van der Waals surface area (Å²) in [7, 11) is 0. The minimum Gasteiger partial charge on any atom is -0.466 e. The average molecular weight is 975 g/mol. The minimum atomic E-state index is -0.848. The Hall–Kier alpha value is -1.40. The fraction of sp³-hybridized carbons (Fsp3) is 0.937. The predicted molar refractivity (Wildman–Crippen MR) is 301 cm³/mol. The standard InChI is InChI=1S/C63H123NO5/c1-3-5-7-9-11-13-15-17-19-21-22-24-29-33-37-41-45-49-53-57-63(68)69-58-54-50-46-42-38-34-30-26-25-28-32-36-40-44-48-52-56-62(67)64-60(59-65)61(66)55-51-47-43-39-35-31-27-23-20-18-16-14-12-10-8-6-4-2/h51,55,60-61,65-66H,3-50,52-54,56-59H2,1-2H3,(H,64,67)/b55-51+. The third-order valence-electron chi connectivity index (χ3n) is 14.8. The van der Waals surface area contributed by atoms with E-state index in [0.29, 0.717) is 19.4 Å². The summed E-state index contributed by atoms with van der Waals surface area (Å²) in [6, 6.07) is -0.632. The van der Waals surface area contributed by atoms with E-state index >= 15 is 0 Å². The highest BCUT2D eigenvalue weighted by Gasteiger charge is 2.18. The Labute approximate surface area is 431 Å². The average Bonchev–Trinajstić information content (AvgIpc) is 3.35. The van der Waals surface area contributed by atoms with Crippen LogP contribution < -0.4 is 5.32 Å². The lowest BCUT2D eigenvalue weighted by Gasteiger charge is -2.20. The molecule has 0 spiro atoms. The first-order valence-electron chi connectivity index (χ1n) is 31.5. The number of hydrogen-bond donors (Lipinski definition) is 3. The smallest absolute Gasteiger partial charge is 0.305 e. The van der Waals surface area contributed by atoms with Gasteiger partial charge < -0.3 is 20.3 Å². The fourth-order valence-corrected chi connectivity index (χ4v) is 9.99. The van der Waals surface area contributed by atoms with Crippen LogP contribution in [0.5, 0.6) is 0 Å². The highest BCUT2D eigenvalue weighted by atomic mass is 16.5. The summed E-state index contributed by atoms with van der Waals surface area (Å²) in [5.74, 6) is -0.0637. The zero-order chi connectivity index (χ0) is 50.0. The van der Waals surface area contributed by atoms with Crippen LogP contribution in [0.1, 0.15) is 354 Å². The predicted octanol–water partition coefficient (Wildman–Crippen LogP) is 19.6. The van der Waals surface area contributed by atoms with Crippen molar-refractivity contribution in [1.29, 1.82) is 0 Å². The molecule has 0 aliphatic carbocycles. The molecular weight excluding hydrogens is 851 g/mol. The molecule has 0 rings (SSSR count). The van der Waals surface area contributed by atoms with Crippen molar-refractivity contribution < 1.29 is 24.5 Å². The van der Waals surface area contributed by atoms with E-state index in [9.17, 15) is 19.8 Å². The number of allylic oxidation sites excluding steroid dienone is 1. The van der Waals surface area contributed by atoms with Gasteiger partial charge in [0.2, 0.25) is 5.91 Å². The van der Waals surface area contributed by atoms with Gasteiger partial charge in [-0.3, -0.25) is 9.59 Å². The summed E-state index contributed by atoms with van der Waals surface area (Å²) in [6.07, 6.45) is 71.0. The van der Waals surface area contributed by atoms with Gasteiger partial charge in [-0.15, -0.1) is 0 Å². The second kappa shape index (κ2) is 59.2. The maximum absolute atomic E-state index is 12.5. The van der Waals surface area contributed by atoms with E-state index in [4.69, 9.17) is 4.74 Å². The first kappa shape index (κ1) is 67.6. The summed E-state index contributed by atoms with van der Waals surface area (Å²) in [4.78, 5) is 24.6. The third kappa shape index (κ3) is 55.8. The van der Waals surface area contributed by atoms with E-state index in [1.807, 2.05) is 6.08 Å². The van der Waals surface area contributed by atoms with Crippen molar-refractivity contribution in [1.82, 2.24) is 5.32 Å². The summed E-state index contributed by atoms with van der Waals surface area (Å²) in [5, 5.41) is 23.2. The van der Waals surface area contributed by atoms with Gasteiger partial charge in [-0.1, -0.05) is 321 Å². The molecule has 2 unspecified atom stereocenters. The fourth-order valence-electron chi connectivity index (χ4n) is 9.99. The SMILES string of the molecule is CCCCCCCCCCCCCCCCC/C=C/C(O)C(CO)NC(=O)CCCCCCCCCCCCCCCCCCOC(=O)CCCCCCCCCCCCCCCCCCCCC. The number of esters is 1. The second-order valence-corrected chi connectivity index (χ2v) is 21.8. The number of unbranched alkanes of at least 4 members (excludes halogenated alkanes) is 48. The molecule has 2 atom stereocenters. The Morgan fingerprint density at radius 1 is 0.391 bits per heavy atom. The summed E-state index contributed by atoms with van der Waals surface area (Å²) < 4.78 is 5.50. The van der Waals surface area contributed by atoms with Gasteiger partial charge in [0.25, 0.3) is 0 Å². The van der Waals surface area contributed by atoms with Crippen LogP contribution in [0.25, 0.3) is 0 Å². The van der Waals surface area contributed by atoms with E-state index in [2.05, 4.69) is 19.2 Å². The highest BCUT2D eigenvalue weighted by molar-refractivity contribution is 5.76. The normalized spacial score (nSPS) is 12.6. The number of carbonyl (C=O) groups is 2. The van der Waals surface area contributed by atoms with Gasteiger partial charge in [-0.2, -0.15) is 0 Å². The lowest BCUT2D eigenvalue weighted by Crippen LogP contribution is -2.45. The maximum atomic E-state index is 12.5. The quantitative estimate of drug-likeness (QED) is 0.0321. The molecule has 6 nitrogen and oxygen atoms in total. The molecule has 0 aromatic rings. The molecule has 0 aliphatic heterocycles. The third-order valence-corrected chi connectivity index (χ3v) is 14.8. The molecule has 0 heterocycles. The summed E-state index contributed by atoms with van der Waals surface area (Å²) in [6.45, 7) is 4.92. The number of aliphatic hydroxyl groups excluding tert-OH is 2. The van der Waals surface area contributed by atoms with E-state index in [-0.39, 0.29) is 18.5 Å². The number of carbonyl (C=O) groups excluding carboxylic acids is 2. The molecule has 69 heavy (non-hydrogen) atoms. The Morgan fingerprint density at radius 2 is 0.667 bits per heavy atom. The van der Waals surface area contributed by atoms with Gasteiger partial charge in [0.1, 0.15) is 0 Å². The van der Waals surface area contributed by atoms with E-state index < -0.39 is 12.1 Å². The van der Waals surface area contributed by atoms with Crippen molar-refractivity contribution in [2.75, 3.05) is 13.2 Å². The van der Waals surface area contributed by atoms with Crippen LogP contribution in [0, 0.1) is 0 Å². The Kier molecular flexibility index (Phi) is 58.0. The van der Waals surface area contributed by atoms with E-state index in [1.165, 1.54) is 289 Å². The van der Waals surface area contributed by atoms with Crippen LogP contribution in [-0.2, 0) is 14.3 Å².